The van der Waals surface area contributed by atoms with Gasteiger partial charge in [0.05, 0.1) is 4.90 Å². The van der Waals surface area contributed by atoms with E-state index in [0.717, 1.165) is 12.1 Å². The summed E-state index contributed by atoms with van der Waals surface area (Å²) in [4.78, 5) is 9.89. The summed E-state index contributed by atoms with van der Waals surface area (Å²) >= 11 is 0. The third kappa shape index (κ3) is 3.20. The maximum Gasteiger partial charge on any atom is 0.339 e. The summed E-state index contributed by atoms with van der Waals surface area (Å²) in [5.41, 5.74) is -0.583. The predicted molar refractivity (Wildman–Crippen MR) is 44.9 cm³/mol. The van der Waals surface area contributed by atoms with Crippen LogP contribution in [0.1, 0.15) is 10.4 Å². The third-order valence-electron chi connectivity index (χ3n) is 1.50. The summed E-state index contributed by atoms with van der Waals surface area (Å²) in [6, 6.07) is 2.46. The van der Waals surface area contributed by atoms with Gasteiger partial charge in [0.1, 0.15) is 11.3 Å². The van der Waals surface area contributed by atoms with Crippen molar-refractivity contribution in [3.63, 3.8) is 0 Å². The minimum Gasteiger partial charge on any atom is -0.507 e. The van der Waals surface area contributed by atoms with Gasteiger partial charge in [-0.1, -0.05) is 0 Å². The van der Waals surface area contributed by atoms with E-state index in [0.29, 0.717) is 6.07 Å². The van der Waals surface area contributed by atoms with Gasteiger partial charge in [-0.15, -0.1) is 0 Å². The fourth-order valence-corrected chi connectivity index (χ4v) is 1.35. The van der Waals surface area contributed by atoms with Gasteiger partial charge < -0.3 is 10.2 Å². The number of hydrogen-bond acceptors (Lipinski definition) is 4. The zero-order chi connectivity index (χ0) is 10.9. The molecule has 0 aliphatic carbocycles. The first-order valence-electron chi connectivity index (χ1n) is 3.36. The van der Waals surface area contributed by atoms with Gasteiger partial charge in [0.2, 0.25) is 0 Å². The van der Waals surface area contributed by atoms with Crippen LogP contribution in [-0.2, 0) is 26.9 Å². The first kappa shape index (κ1) is 13.9. The van der Waals surface area contributed by atoms with E-state index in [1.54, 1.807) is 0 Å². The minimum atomic E-state index is -4.45. The maximum atomic E-state index is 10.6. The molecule has 85 valence electrons. The average molecular weight is 277 g/mol. The van der Waals surface area contributed by atoms with E-state index in [9.17, 15) is 13.2 Å². The molecule has 1 aromatic carbocycles. The summed E-state index contributed by atoms with van der Waals surface area (Å²) in [5.74, 6) is -2.04. The third-order valence-corrected chi connectivity index (χ3v) is 2.35. The van der Waals surface area contributed by atoms with Crippen LogP contribution in [-0.4, -0.2) is 29.2 Å². The molecule has 0 atom stereocenters. The molecule has 0 fully saturated rings. The van der Waals surface area contributed by atoms with Crippen molar-refractivity contribution < 1.29 is 44.8 Å². The van der Waals surface area contributed by atoms with Gasteiger partial charge >= 0.3 is 5.97 Å². The molecule has 1 radical (unpaired) electrons. The quantitative estimate of drug-likeness (QED) is 0.672. The fourth-order valence-electron chi connectivity index (χ4n) is 0.847. The Bertz CT molecular complexity index is 480. The Morgan fingerprint density at radius 3 is 2.20 bits per heavy atom. The molecule has 0 unspecified atom stereocenters. The zero-order valence-corrected chi connectivity index (χ0v) is 8.90. The van der Waals surface area contributed by atoms with Crippen LogP contribution in [0.3, 0.4) is 0 Å². The SMILES string of the molecule is O=C(O)c1cc(S(=O)(=O)O)ccc1O.[Co]. The van der Waals surface area contributed by atoms with E-state index in [1.807, 2.05) is 0 Å². The Morgan fingerprint density at radius 2 is 1.80 bits per heavy atom. The van der Waals surface area contributed by atoms with Gasteiger partial charge in [-0.25, -0.2) is 4.79 Å². The summed E-state index contributed by atoms with van der Waals surface area (Å²) in [6.07, 6.45) is 0. The average Bonchev–Trinajstić information content (AvgIpc) is 2.02. The summed E-state index contributed by atoms with van der Waals surface area (Å²) in [6.45, 7) is 0. The Morgan fingerprint density at radius 1 is 1.27 bits per heavy atom. The van der Waals surface area contributed by atoms with Crippen molar-refractivity contribution in [3.05, 3.63) is 23.8 Å². The van der Waals surface area contributed by atoms with Gasteiger partial charge in [-0.3, -0.25) is 4.55 Å². The van der Waals surface area contributed by atoms with Crippen molar-refractivity contribution in [2.45, 2.75) is 4.90 Å². The van der Waals surface area contributed by atoms with Crippen LogP contribution in [0.25, 0.3) is 0 Å². The normalized spacial score (nSPS) is 10.5. The van der Waals surface area contributed by atoms with Crippen molar-refractivity contribution in [1.29, 1.82) is 0 Å². The number of rotatable bonds is 2. The van der Waals surface area contributed by atoms with Gasteiger partial charge in [0.25, 0.3) is 10.1 Å². The molecule has 1 rings (SSSR count). The summed E-state index contributed by atoms with van der Waals surface area (Å²) in [5, 5.41) is 17.5. The zero-order valence-electron chi connectivity index (χ0n) is 7.04. The minimum absolute atomic E-state index is 0. The van der Waals surface area contributed by atoms with Gasteiger partial charge in [-0.05, 0) is 18.2 Å². The Balaban J connectivity index is 0.00000196. The Labute approximate surface area is 95.5 Å². The Kier molecular flexibility index (Phi) is 4.28. The largest absolute Gasteiger partial charge is 0.507 e. The van der Waals surface area contributed by atoms with E-state index in [2.05, 4.69) is 0 Å². The summed E-state index contributed by atoms with van der Waals surface area (Å²) < 4.78 is 29.8. The maximum absolute atomic E-state index is 10.6. The van der Waals surface area contributed by atoms with Crippen LogP contribution in [0.2, 0.25) is 0 Å². The van der Waals surface area contributed by atoms with Crippen LogP contribution in [0, 0.1) is 0 Å². The molecule has 0 bridgehead atoms. The molecule has 1 aromatic rings. The molecule has 0 aliphatic rings. The number of aromatic hydroxyl groups is 1. The number of carboxylic acid groups (broad SMARTS) is 1. The number of carboxylic acids is 1. The standard InChI is InChI=1S/C7H6O6S.Co/c8-6-2-1-4(14(11,12)13)3-5(6)7(9)10;/h1-3,8H,(H,9,10)(H,11,12,13);. The fraction of sp³-hybridized carbons (Fsp3) is 0. The Hall–Kier alpha value is -1.09. The predicted octanol–water partition coefficient (Wildman–Crippen LogP) is 0.335. The molecule has 0 spiro atoms. The molecular formula is C7H6CoO6S. The molecule has 0 heterocycles. The van der Waals surface area contributed by atoms with Crippen LogP contribution in [0.15, 0.2) is 23.1 Å². The van der Waals surface area contributed by atoms with Crippen molar-refractivity contribution >= 4 is 16.1 Å². The van der Waals surface area contributed by atoms with Crippen molar-refractivity contribution in [2.75, 3.05) is 0 Å². The van der Waals surface area contributed by atoms with E-state index < -0.39 is 32.3 Å². The molecule has 8 heteroatoms. The molecule has 0 aromatic heterocycles. The molecule has 6 nitrogen and oxygen atoms in total. The first-order chi connectivity index (χ1) is 6.32. The second-order valence-corrected chi connectivity index (χ2v) is 3.88. The van der Waals surface area contributed by atoms with Gasteiger partial charge in [0, 0.05) is 16.8 Å². The van der Waals surface area contributed by atoms with E-state index in [-0.39, 0.29) is 16.8 Å². The van der Waals surface area contributed by atoms with Crippen molar-refractivity contribution in [2.24, 2.45) is 0 Å². The van der Waals surface area contributed by atoms with E-state index >= 15 is 0 Å². The van der Waals surface area contributed by atoms with Gasteiger partial charge in [-0.2, -0.15) is 8.42 Å². The molecule has 0 aliphatic heterocycles. The van der Waals surface area contributed by atoms with E-state index in [1.165, 1.54) is 0 Å². The number of benzene rings is 1. The molecule has 3 N–H and O–H groups in total. The molecule has 0 saturated carbocycles. The molecule has 15 heavy (non-hydrogen) atoms. The van der Waals surface area contributed by atoms with Crippen molar-refractivity contribution in [1.82, 2.24) is 0 Å². The van der Waals surface area contributed by atoms with Crippen LogP contribution >= 0.6 is 0 Å². The first-order valence-corrected chi connectivity index (χ1v) is 4.80. The molecule has 0 amide bonds. The van der Waals surface area contributed by atoms with Crippen LogP contribution in [0.4, 0.5) is 0 Å². The van der Waals surface area contributed by atoms with E-state index in [4.69, 9.17) is 14.8 Å². The smallest absolute Gasteiger partial charge is 0.339 e. The second-order valence-electron chi connectivity index (χ2n) is 2.46. The second kappa shape index (κ2) is 4.62. The summed E-state index contributed by atoms with van der Waals surface area (Å²) in [7, 11) is -4.45. The molecular weight excluding hydrogens is 271 g/mol. The van der Waals surface area contributed by atoms with Crippen molar-refractivity contribution in [3.8, 4) is 5.75 Å². The van der Waals surface area contributed by atoms with Crippen LogP contribution < -0.4 is 0 Å². The topological polar surface area (TPSA) is 112 Å². The molecule has 0 saturated heterocycles. The number of carbonyl (C=O) groups is 1. The van der Waals surface area contributed by atoms with Gasteiger partial charge in [0.15, 0.2) is 0 Å². The number of hydrogen-bond donors (Lipinski definition) is 3. The number of phenols is 1. The number of aromatic carboxylic acids is 1. The van der Waals surface area contributed by atoms with Crippen LogP contribution in [0.5, 0.6) is 5.75 Å². The monoisotopic (exact) mass is 277 g/mol.